The lowest BCUT2D eigenvalue weighted by Gasteiger charge is -2.11. The van der Waals surface area contributed by atoms with Crippen LogP contribution in [0.4, 0.5) is 4.39 Å². The Bertz CT molecular complexity index is 453. The van der Waals surface area contributed by atoms with Crippen molar-refractivity contribution in [2.45, 2.75) is 13.8 Å². The van der Waals surface area contributed by atoms with E-state index in [1.54, 1.807) is 6.07 Å². The summed E-state index contributed by atoms with van der Waals surface area (Å²) in [4.78, 5) is 0. The summed E-state index contributed by atoms with van der Waals surface area (Å²) in [6.45, 7) is 5.44. The Morgan fingerprint density at radius 2 is 2.11 bits per heavy atom. The zero-order valence-electron chi connectivity index (χ0n) is 11.0. The van der Waals surface area contributed by atoms with E-state index in [0.717, 1.165) is 0 Å². The normalized spacial score (nSPS) is 10.8. The number of ether oxygens (including phenoxy) is 2. The molecule has 1 aromatic carbocycles. The molecule has 0 bridgehead atoms. The predicted octanol–water partition coefficient (Wildman–Crippen LogP) is 2.92. The zero-order chi connectivity index (χ0) is 14.4. The molecule has 0 heterocycles. The fraction of sp³-hybridized carbons (Fsp3) is 0.462. The van der Waals surface area contributed by atoms with Gasteiger partial charge in [-0.3, -0.25) is 5.41 Å². The molecule has 6 heteroatoms. The van der Waals surface area contributed by atoms with Gasteiger partial charge in [0.25, 0.3) is 0 Å². The van der Waals surface area contributed by atoms with Crippen molar-refractivity contribution in [3.05, 3.63) is 28.0 Å². The number of amidine groups is 1. The van der Waals surface area contributed by atoms with Crippen molar-refractivity contribution in [3.8, 4) is 5.75 Å². The number of nitrogens with one attached hydrogen (secondary N) is 1. The molecule has 3 N–H and O–H groups in total. The van der Waals surface area contributed by atoms with Gasteiger partial charge in [0.15, 0.2) is 11.6 Å². The van der Waals surface area contributed by atoms with Crippen molar-refractivity contribution in [1.29, 1.82) is 5.41 Å². The van der Waals surface area contributed by atoms with E-state index in [0.29, 0.717) is 24.7 Å². The van der Waals surface area contributed by atoms with Gasteiger partial charge in [0.05, 0.1) is 11.1 Å². The number of nitrogen functional groups attached to an aromatic ring is 1. The van der Waals surface area contributed by atoms with Crippen LogP contribution in [0.15, 0.2) is 16.6 Å². The molecule has 0 aromatic heterocycles. The van der Waals surface area contributed by atoms with E-state index in [9.17, 15) is 4.39 Å². The van der Waals surface area contributed by atoms with Crippen molar-refractivity contribution < 1.29 is 13.9 Å². The third-order valence-electron chi connectivity index (χ3n) is 2.27. The number of hydrogen-bond acceptors (Lipinski definition) is 3. The Balaban J connectivity index is 2.56. The number of rotatable bonds is 7. The van der Waals surface area contributed by atoms with Crippen LogP contribution in [-0.4, -0.2) is 25.7 Å². The van der Waals surface area contributed by atoms with Crippen molar-refractivity contribution in [2.75, 3.05) is 19.8 Å². The van der Waals surface area contributed by atoms with Crippen LogP contribution in [0.5, 0.6) is 5.75 Å². The maximum absolute atomic E-state index is 13.9. The molecule has 0 aliphatic carbocycles. The van der Waals surface area contributed by atoms with Crippen LogP contribution in [0.2, 0.25) is 0 Å². The molecule has 1 rings (SSSR count). The maximum Gasteiger partial charge on any atom is 0.179 e. The molecule has 1 aromatic rings. The van der Waals surface area contributed by atoms with E-state index in [2.05, 4.69) is 29.8 Å². The summed E-state index contributed by atoms with van der Waals surface area (Å²) >= 11 is 3.07. The van der Waals surface area contributed by atoms with E-state index < -0.39 is 5.82 Å². The van der Waals surface area contributed by atoms with Gasteiger partial charge in [-0.2, -0.15) is 0 Å². The summed E-state index contributed by atoms with van der Waals surface area (Å²) in [5.41, 5.74) is 5.63. The Morgan fingerprint density at radius 3 is 2.68 bits per heavy atom. The third-order valence-corrected chi connectivity index (χ3v) is 3.05. The minimum Gasteiger partial charge on any atom is -0.488 e. The van der Waals surface area contributed by atoms with Gasteiger partial charge in [0, 0.05) is 12.2 Å². The largest absolute Gasteiger partial charge is 0.488 e. The molecule has 0 saturated heterocycles. The lowest BCUT2D eigenvalue weighted by Crippen LogP contribution is -2.14. The molecular weight excluding hydrogens is 315 g/mol. The van der Waals surface area contributed by atoms with Gasteiger partial charge in [-0.1, -0.05) is 13.8 Å². The SMILES string of the molecule is CC(C)COCCOc1ccc(C(=N)N)c(Br)c1F. The molecule has 0 aliphatic rings. The quantitative estimate of drug-likeness (QED) is 0.458. The summed E-state index contributed by atoms with van der Waals surface area (Å²) in [5.74, 6) is -0.181. The first kappa shape index (κ1) is 15.9. The highest BCUT2D eigenvalue weighted by Crippen LogP contribution is 2.28. The first-order valence-corrected chi connectivity index (χ1v) is 6.75. The van der Waals surface area contributed by atoms with Crippen LogP contribution in [0.1, 0.15) is 19.4 Å². The molecule has 0 aliphatic heterocycles. The summed E-state index contributed by atoms with van der Waals surface area (Å²) in [7, 11) is 0. The standard InChI is InChI=1S/C13H18BrFN2O2/c1-8(2)7-18-5-6-19-10-4-3-9(13(16)17)11(14)12(10)15/h3-4,8H,5-7H2,1-2H3,(H3,16,17). The number of halogens is 2. The molecule has 0 unspecified atom stereocenters. The van der Waals surface area contributed by atoms with E-state index in [1.165, 1.54) is 6.07 Å². The highest BCUT2D eigenvalue weighted by molar-refractivity contribution is 9.10. The van der Waals surface area contributed by atoms with Gasteiger partial charge in [0.1, 0.15) is 12.4 Å². The topological polar surface area (TPSA) is 68.3 Å². The maximum atomic E-state index is 13.9. The lowest BCUT2D eigenvalue weighted by atomic mass is 10.2. The molecule has 0 atom stereocenters. The Kier molecular flexibility index (Phi) is 6.24. The van der Waals surface area contributed by atoms with Gasteiger partial charge >= 0.3 is 0 Å². The Labute approximate surface area is 120 Å². The summed E-state index contributed by atoms with van der Waals surface area (Å²) in [6.07, 6.45) is 0. The van der Waals surface area contributed by atoms with Gasteiger partial charge in [-0.25, -0.2) is 4.39 Å². The van der Waals surface area contributed by atoms with Crippen molar-refractivity contribution in [2.24, 2.45) is 11.7 Å². The Hall–Kier alpha value is -1.14. The second-order valence-corrected chi connectivity index (χ2v) is 5.26. The molecule has 19 heavy (non-hydrogen) atoms. The second kappa shape index (κ2) is 7.45. The van der Waals surface area contributed by atoms with Crippen LogP contribution in [0.3, 0.4) is 0 Å². The minimum absolute atomic E-state index is 0.116. The number of nitrogens with two attached hydrogens (primary N) is 1. The highest BCUT2D eigenvalue weighted by atomic mass is 79.9. The van der Waals surface area contributed by atoms with Crippen molar-refractivity contribution in [3.63, 3.8) is 0 Å². The lowest BCUT2D eigenvalue weighted by molar-refractivity contribution is 0.0807. The van der Waals surface area contributed by atoms with Crippen molar-refractivity contribution in [1.82, 2.24) is 0 Å². The Morgan fingerprint density at radius 1 is 1.42 bits per heavy atom. The van der Waals surface area contributed by atoms with Gasteiger partial charge in [-0.05, 0) is 34.0 Å². The highest BCUT2D eigenvalue weighted by Gasteiger charge is 2.13. The van der Waals surface area contributed by atoms with Gasteiger partial charge in [0.2, 0.25) is 0 Å². The van der Waals surface area contributed by atoms with E-state index in [-0.39, 0.29) is 22.7 Å². The zero-order valence-corrected chi connectivity index (χ0v) is 12.6. The fourth-order valence-corrected chi connectivity index (χ4v) is 1.92. The van der Waals surface area contributed by atoms with Crippen LogP contribution in [0, 0.1) is 17.1 Å². The monoisotopic (exact) mass is 332 g/mol. The summed E-state index contributed by atoms with van der Waals surface area (Å²) in [5, 5.41) is 7.30. The minimum atomic E-state index is -0.559. The third kappa shape index (κ3) is 4.80. The molecule has 0 radical (unpaired) electrons. The van der Waals surface area contributed by atoms with Gasteiger partial charge < -0.3 is 15.2 Å². The molecule has 4 nitrogen and oxygen atoms in total. The molecule has 0 fully saturated rings. The smallest absolute Gasteiger partial charge is 0.179 e. The fourth-order valence-electron chi connectivity index (χ4n) is 1.38. The summed E-state index contributed by atoms with van der Waals surface area (Å²) in [6, 6.07) is 3.00. The first-order chi connectivity index (χ1) is 8.93. The van der Waals surface area contributed by atoms with E-state index in [1.807, 2.05) is 0 Å². The summed E-state index contributed by atoms with van der Waals surface area (Å²) < 4.78 is 24.7. The number of benzene rings is 1. The van der Waals surface area contributed by atoms with E-state index >= 15 is 0 Å². The average molecular weight is 333 g/mol. The van der Waals surface area contributed by atoms with Crippen LogP contribution < -0.4 is 10.5 Å². The van der Waals surface area contributed by atoms with Crippen LogP contribution >= 0.6 is 15.9 Å². The molecular formula is C13H18BrFN2O2. The van der Waals surface area contributed by atoms with E-state index in [4.69, 9.17) is 20.6 Å². The molecule has 0 amide bonds. The first-order valence-electron chi connectivity index (χ1n) is 5.96. The molecule has 0 saturated carbocycles. The second-order valence-electron chi connectivity index (χ2n) is 4.47. The van der Waals surface area contributed by atoms with Crippen molar-refractivity contribution >= 4 is 21.8 Å². The molecule has 0 spiro atoms. The van der Waals surface area contributed by atoms with Crippen LogP contribution in [0.25, 0.3) is 0 Å². The average Bonchev–Trinajstić information content (AvgIpc) is 2.33. The number of hydrogen-bond donors (Lipinski definition) is 2. The van der Waals surface area contributed by atoms with Crippen LogP contribution in [-0.2, 0) is 4.74 Å². The van der Waals surface area contributed by atoms with Gasteiger partial charge in [-0.15, -0.1) is 0 Å². The molecule has 106 valence electrons. The predicted molar refractivity (Wildman–Crippen MR) is 76.3 cm³/mol.